The number of hydrogen-bond acceptors (Lipinski definition) is 9. The summed E-state index contributed by atoms with van der Waals surface area (Å²) in [5.74, 6) is -5.91. The van der Waals surface area contributed by atoms with Crippen LogP contribution in [0.4, 0.5) is 5.69 Å². The van der Waals surface area contributed by atoms with Gasteiger partial charge in [0.1, 0.15) is 24.4 Å². The van der Waals surface area contributed by atoms with Crippen LogP contribution < -0.4 is 9.64 Å². The fraction of sp³-hybridized carbons (Fsp3) is 0.167. The minimum absolute atomic E-state index is 0. The summed E-state index contributed by atoms with van der Waals surface area (Å²) in [5.41, 5.74) is 0.113. The van der Waals surface area contributed by atoms with Gasteiger partial charge in [0, 0.05) is 217 Å². The van der Waals surface area contributed by atoms with Crippen molar-refractivity contribution in [1.82, 2.24) is 4.98 Å². The van der Waals surface area contributed by atoms with Gasteiger partial charge >= 0.3 is 23.9 Å². The molecule has 3 rings (SSSR count). The Morgan fingerprint density at radius 3 is 1.94 bits per heavy atom. The van der Waals surface area contributed by atoms with E-state index in [0.717, 1.165) is 11.1 Å². The third kappa shape index (κ3) is 11.6. The number of furan rings is 1. The van der Waals surface area contributed by atoms with E-state index in [2.05, 4.69) is 4.98 Å². The zero-order valence-electron chi connectivity index (χ0n) is 19.5. The number of carboxylic acids is 4. The largest absolute Gasteiger partial charge is 0.480 e. The molecule has 13 nitrogen and oxygen atoms in total. The zero-order valence-corrected chi connectivity index (χ0v) is 32.0. The number of ether oxygens (including phenoxy) is 1. The van der Waals surface area contributed by atoms with Crippen LogP contribution in [0.1, 0.15) is 10.6 Å². The number of rotatable bonds is 10. The van der Waals surface area contributed by atoms with Crippen molar-refractivity contribution in [2.75, 3.05) is 24.6 Å². The molecule has 17 heteroatoms. The molecule has 0 aliphatic rings. The van der Waals surface area contributed by atoms with Gasteiger partial charge in [-0.1, -0.05) is 0 Å². The van der Waals surface area contributed by atoms with Crippen LogP contribution in [-0.4, -0.2) is 275 Å². The first-order valence-electron chi connectivity index (χ1n) is 8.44. The van der Waals surface area contributed by atoms with Gasteiger partial charge in [0.05, 0.1) is 11.9 Å². The fourth-order valence-corrected chi connectivity index (χ4v) is 2.70. The summed E-state index contributed by atoms with van der Waals surface area (Å²) in [5, 5.41) is 36.4. The van der Waals surface area contributed by atoms with Gasteiger partial charge < -0.3 is 38.9 Å². The van der Waals surface area contributed by atoms with Gasteiger partial charge in [-0.3, -0.25) is 9.59 Å². The van der Waals surface area contributed by atoms with Crippen LogP contribution >= 0.6 is 0 Å². The summed E-state index contributed by atoms with van der Waals surface area (Å²) in [6.07, 6.45) is 0.985. The second-order valence-corrected chi connectivity index (χ2v) is 6.13. The molecule has 4 N–H and O–H groups in total. The average Bonchev–Trinajstić information content (AvgIpc) is 3.30. The Labute approximate surface area is 367 Å². The van der Waals surface area contributed by atoms with Crippen LogP contribution in [0.15, 0.2) is 33.2 Å². The van der Waals surface area contributed by atoms with Crippen molar-refractivity contribution in [3.05, 3.63) is 30.2 Å². The van der Waals surface area contributed by atoms with Crippen molar-refractivity contribution >= 4 is 246 Å². The van der Waals surface area contributed by atoms with Crippen LogP contribution in [0.2, 0.25) is 0 Å². The Kier molecular flexibility index (Phi) is 20.5. The van der Waals surface area contributed by atoms with Crippen molar-refractivity contribution in [3.8, 4) is 17.4 Å². The number of carbonyl (C=O) groups is 4. The van der Waals surface area contributed by atoms with Gasteiger partial charge in [-0.05, 0) is 12.1 Å². The van der Waals surface area contributed by atoms with Gasteiger partial charge in [-0.25, -0.2) is 14.6 Å². The van der Waals surface area contributed by atoms with Gasteiger partial charge in [0.2, 0.25) is 5.76 Å². The molecule has 0 fully saturated rings. The molecule has 0 bridgehead atoms. The molecule has 3 aromatic rings. The number of aromatic carboxylic acids is 1. The first kappa shape index (κ1) is 39.1. The Balaban J connectivity index is 0. The molecule has 166 valence electrons. The third-order valence-electron chi connectivity index (χ3n) is 3.87. The minimum atomic E-state index is -1.33. The van der Waals surface area contributed by atoms with Crippen LogP contribution in [0.3, 0.4) is 0 Å². The summed E-state index contributed by atoms with van der Waals surface area (Å²) < 4.78 is 15.9. The molecular formula is C18H14K4N2O11. The van der Waals surface area contributed by atoms with Gasteiger partial charge in [0.15, 0.2) is 12.4 Å². The van der Waals surface area contributed by atoms with Crippen LogP contribution in [-0.2, 0) is 14.4 Å². The maximum atomic E-state index is 11.2. The van der Waals surface area contributed by atoms with Gasteiger partial charge in [-0.15, -0.1) is 0 Å². The van der Waals surface area contributed by atoms with Crippen LogP contribution in [0.25, 0.3) is 22.6 Å². The number of fused-ring (bicyclic) bond motifs is 1. The molecule has 2 heterocycles. The average molecular weight is 591 g/mol. The molecule has 0 unspecified atom stereocenters. The van der Waals surface area contributed by atoms with E-state index in [1.807, 2.05) is 0 Å². The predicted octanol–water partition coefficient (Wildman–Crippen LogP) is -0.298. The van der Waals surface area contributed by atoms with E-state index in [1.54, 1.807) is 0 Å². The van der Waals surface area contributed by atoms with E-state index in [9.17, 15) is 19.2 Å². The molecule has 4 radical (unpaired) electrons. The molecule has 0 aliphatic carbocycles. The van der Waals surface area contributed by atoms with Gasteiger partial charge in [0.25, 0.3) is 5.89 Å². The number of benzene rings is 1. The first-order chi connectivity index (χ1) is 14.6. The molecule has 0 amide bonds. The van der Waals surface area contributed by atoms with Crippen molar-refractivity contribution in [3.63, 3.8) is 0 Å². The number of carboxylic acid groups (broad SMARTS) is 4. The van der Waals surface area contributed by atoms with Crippen molar-refractivity contribution in [2.24, 2.45) is 0 Å². The first-order valence-corrected chi connectivity index (χ1v) is 8.44. The van der Waals surface area contributed by atoms with Crippen LogP contribution in [0, 0.1) is 0 Å². The molecular weight excluding hydrogens is 577 g/mol. The third-order valence-corrected chi connectivity index (χ3v) is 3.87. The SMILES string of the molecule is O=C(O)COc1cc2cc(-c3ncc(C(=O)O)o3)oc2cc1N(CC(=O)O)CC(=O)O.[K].[K].[K].[K]. The molecule has 0 saturated carbocycles. The van der Waals surface area contributed by atoms with E-state index in [1.165, 1.54) is 18.2 Å². The van der Waals surface area contributed by atoms with E-state index < -0.39 is 49.3 Å². The molecule has 0 atom stereocenters. The Bertz CT molecular complexity index is 1180. The Morgan fingerprint density at radius 2 is 1.46 bits per heavy atom. The number of anilines is 1. The second-order valence-electron chi connectivity index (χ2n) is 6.13. The van der Waals surface area contributed by atoms with E-state index >= 15 is 0 Å². The van der Waals surface area contributed by atoms with E-state index in [4.69, 9.17) is 34.0 Å². The zero-order chi connectivity index (χ0) is 22.7. The smallest absolute Gasteiger partial charge is 0.373 e. The summed E-state index contributed by atoms with van der Waals surface area (Å²) in [4.78, 5) is 49.0. The molecule has 0 spiro atoms. The summed E-state index contributed by atoms with van der Waals surface area (Å²) in [6, 6.07) is 4.03. The van der Waals surface area contributed by atoms with Crippen LogP contribution in [0.5, 0.6) is 5.75 Å². The topological polar surface area (TPSA) is 201 Å². The molecule has 35 heavy (non-hydrogen) atoms. The van der Waals surface area contributed by atoms with Gasteiger partial charge in [-0.2, -0.15) is 0 Å². The molecule has 0 saturated heterocycles. The number of oxazole rings is 1. The van der Waals surface area contributed by atoms with E-state index in [0.29, 0.717) is 5.39 Å². The fourth-order valence-electron chi connectivity index (χ4n) is 2.70. The minimum Gasteiger partial charge on any atom is -0.480 e. The molecule has 1 aromatic carbocycles. The maximum Gasteiger partial charge on any atom is 0.373 e. The summed E-state index contributed by atoms with van der Waals surface area (Å²) in [6.45, 7) is -2.19. The van der Waals surface area contributed by atoms with Crippen molar-refractivity contribution in [1.29, 1.82) is 0 Å². The maximum absolute atomic E-state index is 11.2. The summed E-state index contributed by atoms with van der Waals surface area (Å²) >= 11 is 0. The molecule has 2 aromatic heterocycles. The number of hydrogen-bond donors (Lipinski definition) is 4. The van der Waals surface area contributed by atoms with Crippen molar-refractivity contribution in [2.45, 2.75) is 0 Å². The number of aliphatic carboxylic acids is 3. The second kappa shape index (κ2) is 18.4. The Hall–Kier alpha value is 2.00. The standard InChI is InChI=1S/C18H14N2O11.4K/c21-14(22)5-20(6-15(23)24)9-3-10-8(1-11(9)29-7-16(25)26)2-12(30-10)17-19-4-13(31-17)18(27)28;;;;/h1-4H,5-7H2,(H,21,22)(H,23,24)(H,25,26)(H,27,28);;;;. The monoisotopic (exact) mass is 590 g/mol. The quantitative estimate of drug-likeness (QED) is 0.225. The number of nitrogens with zero attached hydrogens (tertiary/aromatic N) is 2. The predicted molar refractivity (Wildman–Crippen MR) is 122 cm³/mol. The number of aromatic nitrogens is 1. The molecule has 0 aliphatic heterocycles. The Morgan fingerprint density at radius 1 is 0.857 bits per heavy atom. The summed E-state index contributed by atoms with van der Waals surface area (Å²) in [7, 11) is 0. The van der Waals surface area contributed by atoms with Crippen molar-refractivity contribution < 1.29 is 53.2 Å². The normalized spacial score (nSPS) is 9.49. The van der Waals surface area contributed by atoms with E-state index in [-0.39, 0.29) is 234 Å².